The molecule has 1 unspecified atom stereocenters. The molecule has 0 aliphatic rings. The first-order valence-electron chi connectivity index (χ1n) is 12.6. The van der Waals surface area contributed by atoms with E-state index in [1.54, 1.807) is 0 Å². The van der Waals surface area contributed by atoms with Gasteiger partial charge in [-0.1, -0.05) is 39.0 Å². The molecule has 2 heterocycles. The van der Waals surface area contributed by atoms with Gasteiger partial charge in [-0.2, -0.15) is 15.0 Å². The van der Waals surface area contributed by atoms with Gasteiger partial charge in [-0.05, 0) is 89.3 Å². The lowest BCUT2D eigenvalue weighted by Crippen LogP contribution is -2.21. The Balaban J connectivity index is 0.000000313. The highest BCUT2D eigenvalue weighted by atomic mass is 31.0. The van der Waals surface area contributed by atoms with E-state index in [-0.39, 0.29) is 0 Å². The van der Waals surface area contributed by atoms with Gasteiger partial charge in [0.1, 0.15) is 5.82 Å². The molecule has 2 aromatic heterocycles. The molecule has 4 aromatic rings. The first-order chi connectivity index (χ1) is 17.1. The van der Waals surface area contributed by atoms with Crippen molar-refractivity contribution in [3.63, 3.8) is 0 Å². The molecule has 194 valence electrons. The van der Waals surface area contributed by atoms with Gasteiger partial charge in [0.05, 0.1) is 5.52 Å². The summed E-state index contributed by atoms with van der Waals surface area (Å²) < 4.78 is 2.04. The Morgan fingerprint density at radius 3 is 1.81 bits per heavy atom. The van der Waals surface area contributed by atoms with Crippen molar-refractivity contribution in [2.75, 3.05) is 30.9 Å². The van der Waals surface area contributed by atoms with Crippen LogP contribution in [0.1, 0.15) is 54.4 Å². The van der Waals surface area contributed by atoms with E-state index in [1.165, 1.54) is 44.4 Å². The van der Waals surface area contributed by atoms with Crippen molar-refractivity contribution >= 4 is 37.9 Å². The molecule has 4 rings (SSSR count). The van der Waals surface area contributed by atoms with Gasteiger partial charge in [0, 0.05) is 39.4 Å². The number of hydrogen-bond donors (Lipinski definition) is 0. The minimum Gasteiger partial charge on any atom is -0.347 e. The van der Waals surface area contributed by atoms with Crippen molar-refractivity contribution < 1.29 is 0 Å². The maximum atomic E-state index is 4.65. The summed E-state index contributed by atoms with van der Waals surface area (Å²) in [6.45, 7) is 17.0. The van der Waals surface area contributed by atoms with E-state index >= 15 is 0 Å². The minimum absolute atomic E-state index is 0.694. The summed E-state index contributed by atoms with van der Waals surface area (Å²) >= 11 is 0. The zero-order valence-electron chi connectivity index (χ0n) is 23.9. The van der Waals surface area contributed by atoms with Crippen molar-refractivity contribution in [3.05, 3.63) is 70.2 Å². The highest BCUT2D eigenvalue weighted by molar-refractivity contribution is 7.14. The quantitative estimate of drug-likeness (QED) is 0.276. The molecule has 0 radical (unpaired) electrons. The molecule has 0 N–H and O–H groups in total. The Hall–Kier alpha value is -2.98. The monoisotopic (exact) mass is 506 g/mol. The first kappa shape index (κ1) is 29.3. The van der Waals surface area contributed by atoms with Gasteiger partial charge in [0.2, 0.25) is 11.9 Å². The number of aryl methyl sites for hydroxylation is 1. The summed E-state index contributed by atoms with van der Waals surface area (Å²) in [4.78, 5) is 17.8. The van der Waals surface area contributed by atoms with Crippen LogP contribution in [0.15, 0.2) is 36.5 Å². The highest BCUT2D eigenvalue weighted by Crippen LogP contribution is 2.35. The average Bonchev–Trinajstić information content (AvgIpc) is 3.28. The van der Waals surface area contributed by atoms with Crippen molar-refractivity contribution in [1.82, 2.24) is 19.3 Å². The third-order valence-corrected chi connectivity index (χ3v) is 7.05. The van der Waals surface area contributed by atoms with E-state index in [0.717, 1.165) is 12.2 Å². The number of rotatable bonds is 4. The lowest BCUT2D eigenvalue weighted by molar-refractivity contribution is 0.853. The second kappa shape index (κ2) is 12.8. The van der Waals surface area contributed by atoms with Gasteiger partial charge in [0.25, 0.3) is 0 Å². The molecule has 0 aliphatic carbocycles. The molecule has 2 aromatic carbocycles. The van der Waals surface area contributed by atoms with E-state index in [1.807, 2.05) is 62.6 Å². The number of aromatic nitrogens is 4. The van der Waals surface area contributed by atoms with Gasteiger partial charge in [-0.25, -0.2) is 0 Å². The molecule has 0 spiro atoms. The van der Waals surface area contributed by atoms with Crippen LogP contribution in [-0.2, 0) is 6.42 Å². The number of anilines is 3. The molecule has 6 nitrogen and oxygen atoms in total. The summed E-state index contributed by atoms with van der Waals surface area (Å²) in [6.07, 6.45) is 2.82. The fourth-order valence-electron chi connectivity index (χ4n) is 4.09. The molecule has 0 saturated heterocycles. The van der Waals surface area contributed by atoms with Crippen LogP contribution in [-0.4, -0.2) is 40.4 Å². The average molecular weight is 507 g/mol. The summed E-state index contributed by atoms with van der Waals surface area (Å²) in [5.41, 5.74) is 9.03. The number of fused-ring (bicyclic) bond motifs is 1. The second-order valence-electron chi connectivity index (χ2n) is 8.91. The maximum absolute atomic E-state index is 4.65. The topological polar surface area (TPSA) is 50.1 Å². The number of hydrogen-bond acceptors (Lipinski definition) is 5. The van der Waals surface area contributed by atoms with E-state index in [2.05, 4.69) is 89.0 Å². The van der Waals surface area contributed by atoms with E-state index < -0.39 is 0 Å². The lowest BCUT2D eigenvalue weighted by Gasteiger charge is -2.26. The summed E-state index contributed by atoms with van der Waals surface area (Å²) in [7, 11) is 8.59. The predicted molar refractivity (Wildman–Crippen MR) is 160 cm³/mol. The van der Waals surface area contributed by atoms with Crippen LogP contribution in [0.25, 0.3) is 10.9 Å². The SMILES string of the molecule is CC.CCc1nc(N(C)C)nc(N(C)c2c(C)c(C)c(C)c(C)c2C)n1.Pn1ccc2ccccc21. The fraction of sp³-hybridized carbons (Fsp3) is 0.414. The van der Waals surface area contributed by atoms with Crippen LogP contribution in [0.2, 0.25) is 0 Å². The van der Waals surface area contributed by atoms with Gasteiger partial charge in [-0.3, -0.25) is 0 Å². The van der Waals surface area contributed by atoms with Crippen LogP contribution in [0.3, 0.4) is 0 Å². The molecule has 36 heavy (non-hydrogen) atoms. The Morgan fingerprint density at radius 2 is 1.28 bits per heavy atom. The summed E-state index contributed by atoms with van der Waals surface area (Å²) in [6, 6.07) is 10.4. The first-order valence-corrected chi connectivity index (χ1v) is 13.1. The standard InChI is InChI=1S/C19H29N5.C8H8NP.C2H6/c1-10-16-20-18(23(7)8)22-19(21-16)24(9)17-14(5)12(3)11(2)13(4)15(17)6;10-9-6-5-7-3-1-2-4-8(7)9;1-2/h10H2,1-9H3;1-6H,10H2;1-2H3. The number of benzene rings is 2. The van der Waals surface area contributed by atoms with Crippen molar-refractivity contribution in [2.45, 2.75) is 61.8 Å². The molecule has 1 atom stereocenters. The van der Waals surface area contributed by atoms with Gasteiger partial charge in [-0.15, -0.1) is 0 Å². The zero-order valence-corrected chi connectivity index (χ0v) is 25.1. The van der Waals surface area contributed by atoms with Gasteiger partial charge >= 0.3 is 0 Å². The van der Waals surface area contributed by atoms with Gasteiger partial charge < -0.3 is 14.1 Å². The Kier molecular flexibility index (Phi) is 10.4. The number of para-hydroxylation sites is 1. The molecule has 0 amide bonds. The van der Waals surface area contributed by atoms with E-state index in [9.17, 15) is 0 Å². The smallest absolute Gasteiger partial charge is 0.234 e. The molecule has 0 fully saturated rings. The van der Waals surface area contributed by atoms with E-state index in [0.29, 0.717) is 11.9 Å². The van der Waals surface area contributed by atoms with E-state index in [4.69, 9.17) is 0 Å². The molecular formula is C29H43N6P. The van der Waals surface area contributed by atoms with Crippen LogP contribution >= 0.6 is 9.39 Å². The van der Waals surface area contributed by atoms with Crippen LogP contribution < -0.4 is 9.80 Å². The third kappa shape index (κ3) is 6.22. The Morgan fingerprint density at radius 1 is 0.750 bits per heavy atom. The summed E-state index contributed by atoms with van der Waals surface area (Å²) in [5.74, 6) is 2.20. The van der Waals surface area contributed by atoms with Gasteiger partial charge in [0.15, 0.2) is 0 Å². The largest absolute Gasteiger partial charge is 0.347 e. The molecule has 0 aliphatic heterocycles. The normalized spacial score (nSPS) is 10.3. The fourth-order valence-corrected chi connectivity index (χ4v) is 4.41. The second-order valence-corrected chi connectivity index (χ2v) is 9.47. The Labute approximate surface area is 220 Å². The molecule has 0 saturated carbocycles. The lowest BCUT2D eigenvalue weighted by atomic mass is 9.92. The maximum Gasteiger partial charge on any atom is 0.234 e. The van der Waals surface area contributed by atoms with Crippen LogP contribution in [0, 0.1) is 34.6 Å². The third-order valence-electron chi connectivity index (χ3n) is 6.60. The molecule has 7 heteroatoms. The highest BCUT2D eigenvalue weighted by Gasteiger charge is 2.19. The van der Waals surface area contributed by atoms with Crippen LogP contribution in [0.4, 0.5) is 17.6 Å². The number of nitrogens with zero attached hydrogens (tertiary/aromatic N) is 6. The summed E-state index contributed by atoms with van der Waals surface area (Å²) in [5, 5.41) is 1.29. The van der Waals surface area contributed by atoms with Crippen molar-refractivity contribution in [1.29, 1.82) is 0 Å². The van der Waals surface area contributed by atoms with Crippen molar-refractivity contribution in [2.24, 2.45) is 0 Å². The molecular weight excluding hydrogens is 463 g/mol. The predicted octanol–water partition coefficient (Wildman–Crippen LogP) is 7.12. The van der Waals surface area contributed by atoms with Crippen molar-refractivity contribution in [3.8, 4) is 0 Å². The minimum atomic E-state index is 0.694. The zero-order chi connectivity index (χ0) is 27.2. The Bertz CT molecular complexity index is 1280. The molecule has 0 bridgehead atoms. The van der Waals surface area contributed by atoms with Crippen LogP contribution in [0.5, 0.6) is 0 Å².